The fourth-order valence-corrected chi connectivity index (χ4v) is 3.17. The standard InChI is InChI=1S/C19H17ClN2O3.Fe/c1-3-22(12-8-5-4-6-9-12)19(25)16-17(23)15-13(20)10-7-11-14(15)21(2)18(16)24;/h4-11,23H,3H2,1-2H3;. The summed E-state index contributed by atoms with van der Waals surface area (Å²) in [6, 6.07) is 14.0. The van der Waals surface area contributed by atoms with Crippen LogP contribution in [-0.2, 0) is 24.1 Å². The van der Waals surface area contributed by atoms with Crippen LogP contribution in [0.3, 0.4) is 0 Å². The molecule has 0 aliphatic heterocycles. The molecule has 0 saturated carbocycles. The Balaban J connectivity index is 0.00000243. The molecule has 1 amide bonds. The monoisotopic (exact) mass is 412 g/mol. The number of carbonyl (C=O) groups is 1. The molecule has 0 bridgehead atoms. The van der Waals surface area contributed by atoms with Crippen molar-refractivity contribution in [2.45, 2.75) is 6.92 Å². The normalized spacial score (nSPS) is 10.4. The molecule has 0 aliphatic rings. The first-order valence-corrected chi connectivity index (χ1v) is 8.22. The van der Waals surface area contributed by atoms with Crippen LogP contribution >= 0.6 is 11.6 Å². The molecule has 3 rings (SSSR count). The molecule has 26 heavy (non-hydrogen) atoms. The van der Waals surface area contributed by atoms with Gasteiger partial charge in [0.15, 0.2) is 0 Å². The van der Waals surface area contributed by atoms with Gasteiger partial charge in [0.2, 0.25) is 0 Å². The van der Waals surface area contributed by atoms with Crippen LogP contribution in [-0.4, -0.2) is 22.1 Å². The molecule has 0 unspecified atom stereocenters. The minimum atomic E-state index is -0.563. The summed E-state index contributed by atoms with van der Waals surface area (Å²) in [6.07, 6.45) is 0. The van der Waals surface area contributed by atoms with Crippen LogP contribution in [0.15, 0.2) is 53.3 Å². The summed E-state index contributed by atoms with van der Waals surface area (Å²) in [5.74, 6) is -0.947. The van der Waals surface area contributed by atoms with E-state index in [1.807, 2.05) is 6.07 Å². The zero-order valence-electron chi connectivity index (χ0n) is 14.2. The van der Waals surface area contributed by atoms with E-state index in [1.54, 1.807) is 56.4 Å². The second-order valence-corrected chi connectivity index (χ2v) is 6.01. The number of nitrogens with zero attached hydrogens (tertiary/aromatic N) is 2. The molecule has 5 nitrogen and oxygen atoms in total. The zero-order valence-corrected chi connectivity index (χ0v) is 16.1. The molecule has 1 N–H and O–H groups in total. The SMILES string of the molecule is CCN(C(=O)c1c(O)c2c(Cl)cccc2n(C)c1=O)c1ccccc1.[Fe]. The van der Waals surface area contributed by atoms with Gasteiger partial charge in [-0.1, -0.05) is 35.9 Å². The first-order chi connectivity index (χ1) is 12.0. The number of aromatic nitrogens is 1. The number of aromatic hydroxyl groups is 1. The van der Waals surface area contributed by atoms with E-state index >= 15 is 0 Å². The third kappa shape index (κ3) is 3.23. The van der Waals surface area contributed by atoms with Gasteiger partial charge < -0.3 is 14.6 Å². The van der Waals surface area contributed by atoms with Gasteiger partial charge in [0.05, 0.1) is 15.9 Å². The Morgan fingerprint density at radius 3 is 2.42 bits per heavy atom. The number of amides is 1. The smallest absolute Gasteiger partial charge is 0.267 e. The average Bonchev–Trinajstić information content (AvgIpc) is 2.61. The number of pyridine rings is 1. The van der Waals surface area contributed by atoms with Gasteiger partial charge in [-0.3, -0.25) is 9.59 Å². The van der Waals surface area contributed by atoms with E-state index in [1.165, 1.54) is 9.47 Å². The fourth-order valence-electron chi connectivity index (χ4n) is 2.91. The quantitative estimate of drug-likeness (QED) is 0.669. The summed E-state index contributed by atoms with van der Waals surface area (Å²) in [4.78, 5) is 27.2. The van der Waals surface area contributed by atoms with Crippen LogP contribution in [0.5, 0.6) is 5.75 Å². The summed E-state index contributed by atoms with van der Waals surface area (Å²) in [6.45, 7) is 2.16. The molecule has 0 radical (unpaired) electrons. The minimum absolute atomic E-state index is 0. The van der Waals surface area contributed by atoms with Crippen molar-refractivity contribution in [3.05, 3.63) is 69.5 Å². The molecule has 0 aliphatic carbocycles. The Morgan fingerprint density at radius 2 is 1.81 bits per heavy atom. The largest absolute Gasteiger partial charge is 0.506 e. The molecule has 0 atom stereocenters. The topological polar surface area (TPSA) is 62.5 Å². The average molecular weight is 413 g/mol. The second-order valence-electron chi connectivity index (χ2n) is 5.61. The van der Waals surface area contributed by atoms with E-state index in [-0.39, 0.29) is 33.4 Å². The molecule has 0 saturated heterocycles. The second kappa shape index (κ2) is 7.96. The van der Waals surface area contributed by atoms with Crippen molar-refractivity contribution < 1.29 is 27.0 Å². The molecule has 136 valence electrons. The van der Waals surface area contributed by atoms with Crippen molar-refractivity contribution in [3.63, 3.8) is 0 Å². The van der Waals surface area contributed by atoms with Crippen LogP contribution in [0.1, 0.15) is 17.3 Å². The van der Waals surface area contributed by atoms with E-state index in [0.717, 1.165) is 0 Å². The maximum absolute atomic E-state index is 13.0. The zero-order chi connectivity index (χ0) is 18.1. The summed E-state index contributed by atoms with van der Waals surface area (Å²) < 4.78 is 1.33. The molecule has 0 spiro atoms. The molecular weight excluding hydrogens is 396 g/mol. The van der Waals surface area contributed by atoms with Gasteiger partial charge in [-0.25, -0.2) is 0 Å². The van der Waals surface area contributed by atoms with Gasteiger partial charge >= 0.3 is 0 Å². The van der Waals surface area contributed by atoms with Crippen molar-refractivity contribution >= 4 is 34.1 Å². The number of carbonyl (C=O) groups excluding carboxylic acids is 1. The molecule has 1 aromatic heterocycles. The predicted octanol–water partition coefficient (Wildman–Crippen LogP) is 3.56. The van der Waals surface area contributed by atoms with Gasteiger partial charge in [0.1, 0.15) is 11.3 Å². The first kappa shape index (κ1) is 20.0. The molecule has 2 aromatic carbocycles. The van der Waals surface area contributed by atoms with Crippen LogP contribution < -0.4 is 10.5 Å². The third-order valence-corrected chi connectivity index (χ3v) is 4.50. The van der Waals surface area contributed by atoms with Gasteiger partial charge in [0, 0.05) is 36.3 Å². The predicted molar refractivity (Wildman–Crippen MR) is 99.7 cm³/mol. The van der Waals surface area contributed by atoms with E-state index < -0.39 is 11.5 Å². The Kier molecular flexibility index (Phi) is 6.13. The van der Waals surface area contributed by atoms with Crippen molar-refractivity contribution in [2.75, 3.05) is 11.4 Å². The first-order valence-electron chi connectivity index (χ1n) is 7.84. The van der Waals surface area contributed by atoms with Crippen LogP contribution in [0.4, 0.5) is 5.69 Å². The van der Waals surface area contributed by atoms with Gasteiger partial charge in [0.25, 0.3) is 11.5 Å². The minimum Gasteiger partial charge on any atom is -0.506 e. The van der Waals surface area contributed by atoms with Crippen LogP contribution in [0.25, 0.3) is 10.9 Å². The van der Waals surface area contributed by atoms with E-state index in [2.05, 4.69) is 0 Å². The molecule has 3 aromatic rings. The molecule has 0 fully saturated rings. The van der Waals surface area contributed by atoms with Crippen molar-refractivity contribution in [3.8, 4) is 5.75 Å². The summed E-state index contributed by atoms with van der Waals surface area (Å²) >= 11 is 6.19. The Labute approximate surface area is 166 Å². The number of rotatable bonds is 3. The van der Waals surface area contributed by atoms with Crippen LogP contribution in [0.2, 0.25) is 5.02 Å². The van der Waals surface area contributed by atoms with E-state index in [4.69, 9.17) is 11.6 Å². The number of hydrogen-bond donors (Lipinski definition) is 1. The number of halogens is 1. The molecule has 7 heteroatoms. The number of hydrogen-bond acceptors (Lipinski definition) is 3. The van der Waals surface area contributed by atoms with Crippen molar-refractivity contribution in [1.82, 2.24) is 4.57 Å². The van der Waals surface area contributed by atoms with Gasteiger partial charge in [-0.15, -0.1) is 0 Å². The van der Waals surface area contributed by atoms with Crippen molar-refractivity contribution in [2.24, 2.45) is 7.05 Å². The Bertz CT molecular complexity index is 1020. The number of aryl methyl sites for hydroxylation is 1. The Morgan fingerprint density at radius 1 is 1.15 bits per heavy atom. The van der Waals surface area contributed by atoms with Gasteiger partial charge in [-0.2, -0.15) is 0 Å². The maximum atomic E-state index is 13.0. The number of fused-ring (bicyclic) bond motifs is 1. The van der Waals surface area contributed by atoms with E-state index in [9.17, 15) is 14.7 Å². The van der Waals surface area contributed by atoms with Crippen molar-refractivity contribution in [1.29, 1.82) is 0 Å². The molecular formula is C19H17ClFeN2O3. The number of anilines is 1. The van der Waals surface area contributed by atoms with Crippen LogP contribution in [0, 0.1) is 0 Å². The van der Waals surface area contributed by atoms with Gasteiger partial charge in [-0.05, 0) is 31.2 Å². The summed E-state index contributed by atoms with van der Waals surface area (Å²) in [5, 5.41) is 11.2. The number of para-hydroxylation sites is 1. The summed E-state index contributed by atoms with van der Waals surface area (Å²) in [5.41, 5.74) is 0.269. The Hall–Kier alpha value is -2.27. The fraction of sp³-hybridized carbons (Fsp3) is 0.158. The maximum Gasteiger partial charge on any atom is 0.267 e. The van der Waals surface area contributed by atoms with E-state index in [0.29, 0.717) is 23.1 Å². The number of benzene rings is 2. The molecule has 1 heterocycles. The summed E-state index contributed by atoms with van der Waals surface area (Å²) in [7, 11) is 1.55. The third-order valence-electron chi connectivity index (χ3n) is 4.19.